The van der Waals surface area contributed by atoms with Gasteiger partial charge in [0, 0.05) is 11.0 Å². The standard InChI is InChI=1S/C25H29FO2/c1-25(2,16-27)18-13-14-23(28-19-9-3-4-10-19)21(15-18)20-11-6-12-22(26)24(20)17-7-5-8-17/h6,11-17,19H,3-5,7-10H2,1-2H3. The van der Waals surface area contributed by atoms with Crippen LogP contribution >= 0.6 is 0 Å². The van der Waals surface area contributed by atoms with Gasteiger partial charge in [0.15, 0.2) is 0 Å². The van der Waals surface area contributed by atoms with Crippen molar-refractivity contribution < 1.29 is 13.9 Å². The van der Waals surface area contributed by atoms with Gasteiger partial charge in [-0.05, 0) is 93.2 Å². The molecule has 0 heterocycles. The Balaban J connectivity index is 1.84. The van der Waals surface area contributed by atoms with Gasteiger partial charge >= 0.3 is 0 Å². The van der Waals surface area contributed by atoms with Crippen LogP contribution in [0.5, 0.6) is 5.75 Å². The van der Waals surface area contributed by atoms with Gasteiger partial charge in [0.1, 0.15) is 17.9 Å². The summed E-state index contributed by atoms with van der Waals surface area (Å²) in [6, 6.07) is 11.3. The Morgan fingerprint density at radius 2 is 1.75 bits per heavy atom. The average molecular weight is 381 g/mol. The van der Waals surface area contributed by atoms with Crippen LogP contribution in [0.4, 0.5) is 4.39 Å². The van der Waals surface area contributed by atoms with Gasteiger partial charge in [0.25, 0.3) is 0 Å². The highest BCUT2D eigenvalue weighted by atomic mass is 19.1. The fourth-order valence-corrected chi connectivity index (χ4v) is 4.38. The molecule has 2 saturated carbocycles. The summed E-state index contributed by atoms with van der Waals surface area (Å²) in [5.41, 5.74) is 2.98. The first-order valence-corrected chi connectivity index (χ1v) is 10.6. The Bertz CT molecular complexity index is 861. The lowest BCUT2D eigenvalue weighted by atomic mass is 9.76. The van der Waals surface area contributed by atoms with Crippen LogP contribution in [0.15, 0.2) is 36.4 Å². The highest BCUT2D eigenvalue weighted by molar-refractivity contribution is 5.77. The third-order valence-electron chi connectivity index (χ3n) is 6.47. The molecule has 0 saturated heterocycles. The monoisotopic (exact) mass is 380 g/mol. The van der Waals surface area contributed by atoms with Crippen LogP contribution < -0.4 is 4.74 Å². The van der Waals surface area contributed by atoms with E-state index in [9.17, 15) is 9.18 Å². The van der Waals surface area contributed by atoms with Crippen molar-refractivity contribution in [3.05, 3.63) is 53.3 Å². The fourth-order valence-electron chi connectivity index (χ4n) is 4.38. The van der Waals surface area contributed by atoms with Crippen molar-refractivity contribution in [2.45, 2.75) is 76.2 Å². The van der Waals surface area contributed by atoms with Crippen LogP contribution in [0.1, 0.15) is 75.8 Å². The lowest BCUT2D eigenvalue weighted by Crippen LogP contribution is -2.19. The number of rotatable bonds is 6. The lowest BCUT2D eigenvalue weighted by molar-refractivity contribution is -0.111. The molecule has 4 rings (SSSR count). The average Bonchev–Trinajstić information content (AvgIpc) is 3.15. The van der Waals surface area contributed by atoms with Crippen LogP contribution in [0.3, 0.4) is 0 Å². The SMILES string of the molecule is CC(C)(C=O)c1ccc(OC2CCCC2)c(-c2cccc(F)c2C2CCC2)c1. The summed E-state index contributed by atoms with van der Waals surface area (Å²) in [6.45, 7) is 3.82. The number of aldehydes is 1. The predicted octanol–water partition coefficient (Wildman–Crippen LogP) is 6.56. The molecule has 2 nitrogen and oxygen atoms in total. The zero-order valence-electron chi connectivity index (χ0n) is 16.8. The molecule has 0 aliphatic heterocycles. The molecule has 0 radical (unpaired) electrons. The minimum absolute atomic E-state index is 0.130. The van der Waals surface area contributed by atoms with Crippen LogP contribution in [0.25, 0.3) is 11.1 Å². The Morgan fingerprint density at radius 3 is 2.39 bits per heavy atom. The number of carbonyl (C=O) groups excluding carboxylic acids is 1. The second kappa shape index (κ2) is 7.69. The third-order valence-corrected chi connectivity index (χ3v) is 6.47. The Hall–Kier alpha value is -2.16. The second-order valence-electron chi connectivity index (χ2n) is 8.90. The smallest absolute Gasteiger partial charge is 0.129 e. The zero-order valence-corrected chi connectivity index (χ0v) is 16.8. The van der Waals surface area contributed by atoms with Gasteiger partial charge in [-0.15, -0.1) is 0 Å². The van der Waals surface area contributed by atoms with Crippen molar-refractivity contribution in [2.24, 2.45) is 0 Å². The van der Waals surface area contributed by atoms with Crippen LogP contribution in [0, 0.1) is 5.82 Å². The molecule has 148 valence electrons. The van der Waals surface area contributed by atoms with E-state index >= 15 is 0 Å². The molecule has 0 spiro atoms. The number of carbonyl (C=O) groups is 1. The molecule has 0 bridgehead atoms. The van der Waals surface area contributed by atoms with E-state index in [1.165, 1.54) is 12.8 Å². The molecule has 2 aromatic carbocycles. The highest BCUT2D eigenvalue weighted by Crippen LogP contribution is 2.45. The van der Waals surface area contributed by atoms with Gasteiger partial charge in [-0.1, -0.05) is 24.6 Å². The molecular formula is C25H29FO2. The lowest BCUT2D eigenvalue weighted by Gasteiger charge is -2.29. The molecule has 28 heavy (non-hydrogen) atoms. The van der Waals surface area contributed by atoms with E-state index in [1.807, 2.05) is 38.1 Å². The normalized spacial score (nSPS) is 18.1. The first-order chi connectivity index (χ1) is 13.5. The van der Waals surface area contributed by atoms with Crippen molar-refractivity contribution in [2.75, 3.05) is 0 Å². The second-order valence-corrected chi connectivity index (χ2v) is 8.90. The summed E-state index contributed by atoms with van der Waals surface area (Å²) in [5.74, 6) is 0.954. The largest absolute Gasteiger partial charge is 0.490 e. The quantitative estimate of drug-likeness (QED) is 0.531. The first kappa shape index (κ1) is 19.2. The number of benzene rings is 2. The molecule has 2 aromatic rings. The Kier molecular flexibility index (Phi) is 5.27. The molecule has 0 aromatic heterocycles. The number of ether oxygens (including phenoxy) is 1. The zero-order chi connectivity index (χ0) is 19.7. The summed E-state index contributed by atoms with van der Waals surface area (Å²) in [7, 11) is 0. The maximum Gasteiger partial charge on any atom is 0.129 e. The van der Waals surface area contributed by atoms with E-state index in [-0.39, 0.29) is 17.8 Å². The van der Waals surface area contributed by atoms with Crippen LogP contribution in [0.2, 0.25) is 0 Å². The van der Waals surface area contributed by atoms with Gasteiger partial charge in [-0.2, -0.15) is 0 Å². The van der Waals surface area contributed by atoms with Crippen LogP contribution in [-0.4, -0.2) is 12.4 Å². The van der Waals surface area contributed by atoms with Crippen molar-refractivity contribution in [1.29, 1.82) is 0 Å². The minimum atomic E-state index is -0.593. The molecular weight excluding hydrogens is 351 g/mol. The topological polar surface area (TPSA) is 26.3 Å². The number of hydrogen-bond acceptors (Lipinski definition) is 2. The molecule has 2 fully saturated rings. The fraction of sp³-hybridized carbons (Fsp3) is 0.480. The molecule has 3 heteroatoms. The van der Waals surface area contributed by atoms with E-state index in [4.69, 9.17) is 4.74 Å². The van der Waals surface area contributed by atoms with Crippen molar-refractivity contribution in [3.8, 4) is 16.9 Å². The van der Waals surface area contributed by atoms with Gasteiger partial charge in [-0.25, -0.2) is 4.39 Å². The van der Waals surface area contributed by atoms with E-state index in [2.05, 4.69) is 0 Å². The summed E-state index contributed by atoms with van der Waals surface area (Å²) in [4.78, 5) is 11.6. The van der Waals surface area contributed by atoms with Crippen LogP contribution in [-0.2, 0) is 10.2 Å². The summed E-state index contributed by atoms with van der Waals surface area (Å²) < 4.78 is 21.2. The van der Waals surface area contributed by atoms with Crippen molar-refractivity contribution >= 4 is 6.29 Å². The molecule has 2 aliphatic carbocycles. The minimum Gasteiger partial charge on any atom is -0.490 e. The molecule has 0 amide bonds. The van der Waals surface area contributed by atoms with Gasteiger partial charge < -0.3 is 9.53 Å². The Morgan fingerprint density at radius 1 is 1.00 bits per heavy atom. The van der Waals surface area contributed by atoms with E-state index in [0.717, 1.165) is 66.4 Å². The number of halogens is 1. The molecule has 0 unspecified atom stereocenters. The van der Waals surface area contributed by atoms with E-state index in [0.29, 0.717) is 0 Å². The Labute approximate surface area is 167 Å². The maximum atomic E-state index is 14.8. The molecule has 0 N–H and O–H groups in total. The first-order valence-electron chi connectivity index (χ1n) is 10.6. The van der Waals surface area contributed by atoms with Crippen molar-refractivity contribution in [1.82, 2.24) is 0 Å². The molecule has 2 aliphatic rings. The maximum absolute atomic E-state index is 14.8. The van der Waals surface area contributed by atoms with Gasteiger partial charge in [0.05, 0.1) is 6.10 Å². The highest BCUT2D eigenvalue weighted by Gasteiger charge is 2.29. The summed E-state index contributed by atoms with van der Waals surface area (Å²) in [6.07, 6.45) is 8.96. The number of hydrogen-bond donors (Lipinski definition) is 0. The predicted molar refractivity (Wildman–Crippen MR) is 110 cm³/mol. The molecule has 0 atom stereocenters. The summed E-state index contributed by atoms with van der Waals surface area (Å²) in [5, 5.41) is 0. The van der Waals surface area contributed by atoms with E-state index < -0.39 is 5.41 Å². The van der Waals surface area contributed by atoms with Gasteiger partial charge in [0.2, 0.25) is 0 Å². The van der Waals surface area contributed by atoms with E-state index in [1.54, 1.807) is 12.1 Å². The van der Waals surface area contributed by atoms with Crippen molar-refractivity contribution in [3.63, 3.8) is 0 Å². The van der Waals surface area contributed by atoms with Gasteiger partial charge in [-0.3, -0.25) is 0 Å². The summed E-state index contributed by atoms with van der Waals surface area (Å²) >= 11 is 0. The third kappa shape index (κ3) is 3.59.